The number of aliphatic hydroxyl groups is 2. The van der Waals surface area contributed by atoms with Gasteiger partial charge in [0, 0.05) is 46.9 Å². The summed E-state index contributed by atoms with van der Waals surface area (Å²) in [5.74, 6) is -0.334. The number of aromatic nitrogens is 2. The molecule has 2 saturated heterocycles. The molecule has 0 aliphatic carbocycles. The van der Waals surface area contributed by atoms with Crippen molar-refractivity contribution in [2.45, 2.75) is 62.9 Å². The Balaban J connectivity index is 1.30. The highest BCUT2D eigenvalue weighted by Crippen LogP contribution is 2.35. The number of oxazole rings is 1. The largest absolute Gasteiger partial charge is 0.445 e. The van der Waals surface area contributed by atoms with Gasteiger partial charge in [0.1, 0.15) is 11.3 Å². The summed E-state index contributed by atoms with van der Waals surface area (Å²) < 4.78 is 5.54. The summed E-state index contributed by atoms with van der Waals surface area (Å²) in [6, 6.07) is 13.4. The molecule has 2 aromatic carbocycles. The summed E-state index contributed by atoms with van der Waals surface area (Å²) in [6.45, 7) is 2.92. The maximum atomic E-state index is 14.0. The molecule has 2 amide bonds. The SMILES string of the molecule is Cc1csc([C@H]2CCCN2C(=O)c2cc(C(=O)N[C@@H](Cc3ccccc3)[C@H](O)[C@H]3C[C@@H](O)CN3)cc(-c3ncco3)c2)n1. The molecule has 224 valence electrons. The van der Waals surface area contributed by atoms with Crippen molar-refractivity contribution in [1.29, 1.82) is 0 Å². The van der Waals surface area contributed by atoms with E-state index in [0.717, 1.165) is 29.1 Å². The fraction of sp³-hybridized carbons (Fsp3) is 0.375. The van der Waals surface area contributed by atoms with Crippen LogP contribution in [-0.4, -0.2) is 74.3 Å². The second-order valence-electron chi connectivity index (χ2n) is 11.3. The summed E-state index contributed by atoms with van der Waals surface area (Å²) >= 11 is 1.55. The number of carbonyl (C=O) groups excluding carboxylic acids is 2. The number of likely N-dealkylation sites (tertiary alicyclic amines) is 1. The van der Waals surface area contributed by atoms with Crippen molar-refractivity contribution in [2.24, 2.45) is 0 Å². The van der Waals surface area contributed by atoms with Crippen molar-refractivity contribution in [1.82, 2.24) is 25.5 Å². The number of aryl methyl sites for hydroxylation is 1. The lowest BCUT2D eigenvalue weighted by molar-refractivity contribution is 0.0714. The smallest absolute Gasteiger partial charge is 0.254 e. The van der Waals surface area contributed by atoms with Crippen molar-refractivity contribution in [3.05, 3.63) is 93.8 Å². The van der Waals surface area contributed by atoms with Gasteiger partial charge in [-0.05, 0) is 56.4 Å². The van der Waals surface area contributed by atoms with Crippen molar-refractivity contribution >= 4 is 23.2 Å². The van der Waals surface area contributed by atoms with Gasteiger partial charge in [0.05, 0.1) is 30.5 Å². The first kappa shape index (κ1) is 29.2. The number of carbonyl (C=O) groups is 2. The summed E-state index contributed by atoms with van der Waals surface area (Å²) in [5.41, 5.74) is 2.99. The molecule has 2 aliphatic rings. The van der Waals surface area contributed by atoms with Crippen LogP contribution >= 0.6 is 11.3 Å². The summed E-state index contributed by atoms with van der Waals surface area (Å²) in [6.07, 6.45) is 3.91. The molecule has 10 nitrogen and oxygen atoms in total. The Morgan fingerprint density at radius 3 is 2.72 bits per heavy atom. The van der Waals surface area contributed by atoms with E-state index in [2.05, 4.69) is 20.6 Å². The quantitative estimate of drug-likeness (QED) is 0.229. The first-order chi connectivity index (χ1) is 20.9. The zero-order valence-electron chi connectivity index (χ0n) is 23.8. The van der Waals surface area contributed by atoms with Gasteiger partial charge in [-0.15, -0.1) is 11.3 Å². The number of amides is 2. The van der Waals surface area contributed by atoms with Crippen LogP contribution in [0, 0.1) is 6.92 Å². The lowest BCUT2D eigenvalue weighted by atomic mass is 9.94. The predicted molar refractivity (Wildman–Crippen MR) is 162 cm³/mol. The number of nitrogens with zero attached hydrogens (tertiary/aromatic N) is 3. The summed E-state index contributed by atoms with van der Waals surface area (Å²) in [4.78, 5) is 38.5. The average molecular weight is 602 g/mol. The number of benzene rings is 2. The zero-order valence-corrected chi connectivity index (χ0v) is 24.7. The summed E-state index contributed by atoms with van der Waals surface area (Å²) in [7, 11) is 0. The topological polar surface area (TPSA) is 141 Å². The van der Waals surface area contributed by atoms with Crippen LogP contribution in [0.4, 0.5) is 0 Å². The van der Waals surface area contributed by atoms with E-state index in [4.69, 9.17) is 4.42 Å². The van der Waals surface area contributed by atoms with Crippen LogP contribution in [0.5, 0.6) is 0 Å². The van der Waals surface area contributed by atoms with E-state index in [1.165, 1.54) is 12.5 Å². The van der Waals surface area contributed by atoms with Gasteiger partial charge in [-0.25, -0.2) is 9.97 Å². The third-order valence-electron chi connectivity index (χ3n) is 8.14. The normalized spacial score (nSPS) is 21.6. The Morgan fingerprint density at radius 1 is 1.21 bits per heavy atom. The minimum absolute atomic E-state index is 0.117. The highest BCUT2D eigenvalue weighted by Gasteiger charge is 2.35. The molecule has 0 bridgehead atoms. The van der Waals surface area contributed by atoms with E-state index in [0.29, 0.717) is 42.9 Å². The Bertz CT molecular complexity index is 1560. The second-order valence-corrected chi connectivity index (χ2v) is 12.2. The standard InChI is InChI=1S/C32H35N5O5S/c1-19-18-43-31(35-19)27-8-5-10-37(27)32(41)23-14-21(13-22(15-23)30-33-9-11-42-30)29(40)36-26(12-20-6-3-2-4-7-20)28(39)25-16-24(38)17-34-25/h2-4,6-7,9,11,13-15,18,24-28,34,38-39H,5,8,10,12,16-17H2,1H3,(H,36,40)/t24-,25-,26+,27-,28-/m1/s1. The third-order valence-corrected chi connectivity index (χ3v) is 9.20. The zero-order chi connectivity index (χ0) is 29.9. The lowest BCUT2D eigenvalue weighted by Gasteiger charge is -2.29. The van der Waals surface area contributed by atoms with E-state index in [-0.39, 0.29) is 23.6 Å². The fourth-order valence-corrected chi connectivity index (χ4v) is 6.94. The van der Waals surface area contributed by atoms with E-state index in [1.54, 1.807) is 29.5 Å². The number of hydrogen-bond acceptors (Lipinski definition) is 9. The number of rotatable bonds is 9. The van der Waals surface area contributed by atoms with E-state index in [9.17, 15) is 19.8 Å². The van der Waals surface area contributed by atoms with Gasteiger partial charge in [0.25, 0.3) is 11.8 Å². The van der Waals surface area contributed by atoms with Gasteiger partial charge in [-0.2, -0.15) is 0 Å². The monoisotopic (exact) mass is 601 g/mol. The van der Waals surface area contributed by atoms with Crippen LogP contribution in [0.1, 0.15) is 62.3 Å². The van der Waals surface area contributed by atoms with Crippen LogP contribution in [0.2, 0.25) is 0 Å². The molecule has 11 heteroatoms. The second kappa shape index (κ2) is 12.8. The van der Waals surface area contributed by atoms with Crippen molar-refractivity contribution < 1.29 is 24.2 Å². The molecular formula is C32H35N5O5S. The summed E-state index contributed by atoms with van der Waals surface area (Å²) in [5, 5.41) is 30.5. The number of aliphatic hydroxyl groups excluding tert-OH is 2. The molecule has 6 rings (SSSR count). The molecule has 2 aromatic heterocycles. The molecule has 5 atom stereocenters. The predicted octanol–water partition coefficient (Wildman–Crippen LogP) is 3.51. The van der Waals surface area contributed by atoms with Gasteiger partial charge in [-0.1, -0.05) is 30.3 Å². The van der Waals surface area contributed by atoms with Crippen LogP contribution in [0.3, 0.4) is 0 Å². The minimum Gasteiger partial charge on any atom is -0.445 e. The van der Waals surface area contributed by atoms with E-state index >= 15 is 0 Å². The maximum Gasteiger partial charge on any atom is 0.254 e. The molecular weight excluding hydrogens is 566 g/mol. The van der Waals surface area contributed by atoms with Gasteiger partial charge in [0.15, 0.2) is 0 Å². The molecule has 4 aromatic rings. The van der Waals surface area contributed by atoms with Gasteiger partial charge in [0.2, 0.25) is 5.89 Å². The van der Waals surface area contributed by atoms with Crippen LogP contribution in [-0.2, 0) is 6.42 Å². The van der Waals surface area contributed by atoms with Crippen LogP contribution in [0.15, 0.2) is 70.8 Å². The molecule has 0 spiro atoms. The molecule has 4 heterocycles. The third kappa shape index (κ3) is 6.54. The maximum absolute atomic E-state index is 14.0. The Hall–Kier alpha value is -3.90. The molecule has 43 heavy (non-hydrogen) atoms. The van der Waals surface area contributed by atoms with Crippen LogP contribution in [0.25, 0.3) is 11.5 Å². The number of nitrogens with one attached hydrogen (secondary N) is 2. The van der Waals surface area contributed by atoms with Crippen molar-refractivity contribution in [3.63, 3.8) is 0 Å². The first-order valence-corrected chi connectivity index (χ1v) is 15.5. The molecule has 0 saturated carbocycles. The highest BCUT2D eigenvalue weighted by atomic mass is 32.1. The van der Waals surface area contributed by atoms with Crippen molar-refractivity contribution in [3.8, 4) is 11.5 Å². The molecule has 2 fully saturated rings. The van der Waals surface area contributed by atoms with Gasteiger partial charge in [-0.3, -0.25) is 9.59 Å². The number of β-amino-alcohol motifs (C(OH)–C–C–N with tert-alkyl or cyclic N) is 1. The number of hydrogen-bond donors (Lipinski definition) is 4. The highest BCUT2D eigenvalue weighted by molar-refractivity contribution is 7.09. The average Bonchev–Trinajstić information content (AvgIpc) is 3.84. The number of thiazole rings is 1. The Kier molecular flexibility index (Phi) is 8.66. The first-order valence-electron chi connectivity index (χ1n) is 14.6. The van der Waals surface area contributed by atoms with E-state index in [1.807, 2.05) is 47.5 Å². The molecule has 4 N–H and O–H groups in total. The van der Waals surface area contributed by atoms with Crippen molar-refractivity contribution in [2.75, 3.05) is 13.1 Å². The Labute approximate surface area is 253 Å². The lowest BCUT2D eigenvalue weighted by Crippen LogP contribution is -2.52. The van der Waals surface area contributed by atoms with Gasteiger partial charge >= 0.3 is 0 Å². The van der Waals surface area contributed by atoms with Gasteiger partial charge < -0.3 is 30.2 Å². The Morgan fingerprint density at radius 2 is 2.02 bits per heavy atom. The minimum atomic E-state index is -0.954. The van der Waals surface area contributed by atoms with E-state index < -0.39 is 24.2 Å². The fourth-order valence-electron chi connectivity index (χ4n) is 5.99. The molecule has 0 radical (unpaired) electrons. The molecule has 2 aliphatic heterocycles. The van der Waals surface area contributed by atoms with Crippen LogP contribution < -0.4 is 10.6 Å². The molecule has 0 unspecified atom stereocenters.